The lowest BCUT2D eigenvalue weighted by Gasteiger charge is -2.13. The SMILES string of the molecule is O=C1OC(C(=O)NCCCn2c(=O)ccc3ccc(F)cc32)c2ccc(Br)cc21. The van der Waals surface area contributed by atoms with Crippen LogP contribution in [-0.4, -0.2) is 23.0 Å². The number of rotatable bonds is 5. The first kappa shape index (κ1) is 19.3. The highest BCUT2D eigenvalue weighted by molar-refractivity contribution is 9.10. The van der Waals surface area contributed by atoms with Crippen molar-refractivity contribution in [2.45, 2.75) is 19.1 Å². The molecule has 0 bridgehead atoms. The summed E-state index contributed by atoms with van der Waals surface area (Å²) >= 11 is 3.29. The summed E-state index contributed by atoms with van der Waals surface area (Å²) in [6.07, 6.45) is -0.533. The number of fused-ring (bicyclic) bond motifs is 2. The van der Waals surface area contributed by atoms with Crippen LogP contribution in [-0.2, 0) is 16.1 Å². The van der Waals surface area contributed by atoms with E-state index in [1.165, 1.54) is 22.8 Å². The molecule has 1 atom stereocenters. The molecule has 148 valence electrons. The van der Waals surface area contributed by atoms with Crippen LogP contribution in [0.25, 0.3) is 10.9 Å². The van der Waals surface area contributed by atoms with Crippen molar-refractivity contribution in [2.75, 3.05) is 6.54 Å². The number of carbonyl (C=O) groups is 2. The number of cyclic esters (lactones) is 1. The fourth-order valence-electron chi connectivity index (χ4n) is 3.40. The summed E-state index contributed by atoms with van der Waals surface area (Å²) in [7, 11) is 0. The number of esters is 1. The number of hydrogen-bond acceptors (Lipinski definition) is 4. The molecule has 4 rings (SSSR count). The number of nitrogens with one attached hydrogen (secondary N) is 1. The Morgan fingerprint density at radius 1 is 1.14 bits per heavy atom. The lowest BCUT2D eigenvalue weighted by molar-refractivity contribution is -0.129. The molecule has 0 fully saturated rings. The van der Waals surface area contributed by atoms with Gasteiger partial charge in [0.25, 0.3) is 11.5 Å². The summed E-state index contributed by atoms with van der Waals surface area (Å²) < 4.78 is 21.0. The van der Waals surface area contributed by atoms with E-state index >= 15 is 0 Å². The van der Waals surface area contributed by atoms with Crippen molar-refractivity contribution in [1.82, 2.24) is 9.88 Å². The Labute approximate surface area is 173 Å². The second kappa shape index (κ2) is 7.79. The molecule has 1 unspecified atom stereocenters. The third-order valence-corrected chi connectivity index (χ3v) is 5.29. The Balaban J connectivity index is 1.41. The van der Waals surface area contributed by atoms with Gasteiger partial charge in [0.1, 0.15) is 5.82 Å². The van der Waals surface area contributed by atoms with Crippen molar-refractivity contribution < 1.29 is 18.7 Å². The van der Waals surface area contributed by atoms with Crippen molar-refractivity contribution >= 4 is 38.7 Å². The zero-order valence-electron chi connectivity index (χ0n) is 15.2. The highest BCUT2D eigenvalue weighted by Crippen LogP contribution is 2.32. The number of aromatic nitrogens is 1. The van der Waals surface area contributed by atoms with E-state index in [1.54, 1.807) is 30.3 Å². The molecule has 1 aromatic heterocycles. The van der Waals surface area contributed by atoms with Crippen LogP contribution >= 0.6 is 15.9 Å². The van der Waals surface area contributed by atoms with Crippen molar-refractivity contribution in [3.8, 4) is 0 Å². The molecule has 1 aliphatic rings. The molecule has 2 heterocycles. The van der Waals surface area contributed by atoms with Crippen molar-refractivity contribution in [2.24, 2.45) is 0 Å². The Morgan fingerprint density at radius 3 is 2.76 bits per heavy atom. The maximum atomic E-state index is 13.6. The van der Waals surface area contributed by atoms with E-state index in [2.05, 4.69) is 21.2 Å². The van der Waals surface area contributed by atoms with Gasteiger partial charge in [-0.05, 0) is 48.2 Å². The van der Waals surface area contributed by atoms with Gasteiger partial charge >= 0.3 is 5.97 Å². The van der Waals surface area contributed by atoms with Gasteiger partial charge in [-0.3, -0.25) is 9.59 Å². The summed E-state index contributed by atoms with van der Waals surface area (Å²) in [5.41, 5.74) is 1.16. The molecule has 1 N–H and O–H groups in total. The van der Waals surface area contributed by atoms with Crippen LogP contribution < -0.4 is 10.9 Å². The number of pyridine rings is 1. The molecule has 1 amide bonds. The smallest absolute Gasteiger partial charge is 0.339 e. The number of ether oxygens (including phenoxy) is 1. The van der Waals surface area contributed by atoms with E-state index in [1.807, 2.05) is 0 Å². The number of amides is 1. The average Bonchev–Trinajstić information content (AvgIpc) is 3.02. The van der Waals surface area contributed by atoms with E-state index in [9.17, 15) is 18.8 Å². The van der Waals surface area contributed by atoms with Gasteiger partial charge in [-0.1, -0.05) is 22.0 Å². The zero-order chi connectivity index (χ0) is 20.5. The number of carbonyl (C=O) groups excluding carboxylic acids is 2. The van der Waals surface area contributed by atoms with Gasteiger partial charge in [-0.15, -0.1) is 0 Å². The first-order valence-corrected chi connectivity index (χ1v) is 9.80. The normalized spacial score (nSPS) is 15.2. The lowest BCUT2D eigenvalue weighted by atomic mass is 10.0. The molecule has 6 nitrogen and oxygen atoms in total. The fraction of sp³-hybridized carbons (Fsp3) is 0.190. The lowest BCUT2D eigenvalue weighted by Crippen LogP contribution is -2.31. The topological polar surface area (TPSA) is 77.4 Å². The maximum Gasteiger partial charge on any atom is 0.339 e. The summed E-state index contributed by atoms with van der Waals surface area (Å²) in [5.74, 6) is -1.37. The molecular formula is C21H16BrFN2O4. The van der Waals surface area contributed by atoms with Crippen LogP contribution in [0.3, 0.4) is 0 Å². The van der Waals surface area contributed by atoms with Crippen molar-refractivity contribution in [3.63, 3.8) is 0 Å². The van der Waals surface area contributed by atoms with E-state index in [0.29, 0.717) is 29.6 Å². The molecule has 0 radical (unpaired) electrons. The van der Waals surface area contributed by atoms with Gasteiger partial charge in [0.15, 0.2) is 0 Å². The predicted octanol–water partition coefficient (Wildman–Crippen LogP) is 3.32. The minimum Gasteiger partial charge on any atom is -0.444 e. The van der Waals surface area contributed by atoms with Gasteiger partial charge in [-0.2, -0.15) is 0 Å². The average molecular weight is 459 g/mol. The van der Waals surface area contributed by atoms with E-state index < -0.39 is 23.8 Å². The molecule has 29 heavy (non-hydrogen) atoms. The van der Waals surface area contributed by atoms with Gasteiger partial charge in [0.05, 0.1) is 11.1 Å². The van der Waals surface area contributed by atoms with Gasteiger partial charge in [-0.25, -0.2) is 9.18 Å². The molecular weight excluding hydrogens is 443 g/mol. The van der Waals surface area contributed by atoms with Crippen molar-refractivity contribution in [3.05, 3.63) is 80.3 Å². The largest absolute Gasteiger partial charge is 0.444 e. The van der Waals surface area contributed by atoms with Crippen LogP contribution in [0, 0.1) is 5.82 Å². The number of hydrogen-bond donors (Lipinski definition) is 1. The highest BCUT2D eigenvalue weighted by atomic mass is 79.9. The number of nitrogens with zero attached hydrogens (tertiary/aromatic N) is 1. The molecule has 0 aliphatic carbocycles. The standard InChI is InChI=1S/C21H16BrFN2O4/c22-13-4-6-15-16(10-13)21(28)29-19(15)20(27)24-8-1-9-25-17-11-14(23)5-2-12(17)3-7-18(25)26/h2-7,10-11,19H,1,8-9H2,(H,24,27). The van der Waals surface area contributed by atoms with Gasteiger partial charge < -0.3 is 14.6 Å². The second-order valence-electron chi connectivity index (χ2n) is 6.69. The van der Waals surface area contributed by atoms with Crippen LogP contribution in [0.2, 0.25) is 0 Å². The predicted molar refractivity (Wildman–Crippen MR) is 108 cm³/mol. The van der Waals surface area contributed by atoms with Crippen molar-refractivity contribution in [1.29, 1.82) is 0 Å². The minimum absolute atomic E-state index is 0.237. The Hall–Kier alpha value is -3.00. The zero-order valence-corrected chi connectivity index (χ0v) is 16.7. The van der Waals surface area contributed by atoms with E-state index in [-0.39, 0.29) is 12.1 Å². The first-order chi connectivity index (χ1) is 13.9. The Kier molecular flexibility index (Phi) is 5.19. The van der Waals surface area contributed by atoms with Crippen LogP contribution in [0.15, 0.2) is 57.8 Å². The number of aryl methyl sites for hydroxylation is 1. The third-order valence-electron chi connectivity index (χ3n) is 4.79. The Bertz CT molecular complexity index is 1190. The second-order valence-corrected chi connectivity index (χ2v) is 7.60. The quantitative estimate of drug-likeness (QED) is 0.469. The summed E-state index contributed by atoms with van der Waals surface area (Å²) in [6.45, 7) is 0.588. The third kappa shape index (κ3) is 3.80. The summed E-state index contributed by atoms with van der Waals surface area (Å²) in [5, 5.41) is 3.49. The summed E-state index contributed by atoms with van der Waals surface area (Å²) in [6, 6.07) is 12.4. The molecule has 0 saturated heterocycles. The first-order valence-electron chi connectivity index (χ1n) is 9.01. The van der Waals surface area contributed by atoms with Crippen LogP contribution in [0.5, 0.6) is 0 Å². The van der Waals surface area contributed by atoms with Gasteiger partial charge in [0, 0.05) is 29.2 Å². The molecule has 0 saturated carbocycles. The molecule has 0 spiro atoms. The molecule has 8 heteroatoms. The van der Waals surface area contributed by atoms with Gasteiger partial charge in [0.2, 0.25) is 6.10 Å². The van der Waals surface area contributed by atoms with E-state index in [0.717, 1.165) is 9.86 Å². The minimum atomic E-state index is -0.986. The Morgan fingerprint density at radius 2 is 1.93 bits per heavy atom. The molecule has 2 aromatic carbocycles. The molecule has 3 aromatic rings. The molecule has 1 aliphatic heterocycles. The highest BCUT2D eigenvalue weighted by Gasteiger charge is 2.35. The number of benzene rings is 2. The maximum absolute atomic E-state index is 13.6. The van der Waals surface area contributed by atoms with Crippen LogP contribution in [0.1, 0.15) is 28.4 Å². The monoisotopic (exact) mass is 458 g/mol. The van der Waals surface area contributed by atoms with E-state index in [4.69, 9.17) is 4.74 Å². The number of halogens is 2. The van der Waals surface area contributed by atoms with Crippen LogP contribution in [0.4, 0.5) is 4.39 Å². The fourth-order valence-corrected chi connectivity index (χ4v) is 3.76. The summed E-state index contributed by atoms with van der Waals surface area (Å²) in [4.78, 5) is 36.6.